The fraction of sp³-hybridized carbons (Fsp3) is 0.688. The van der Waals surface area contributed by atoms with Gasteiger partial charge in [0.1, 0.15) is 0 Å². The zero-order chi connectivity index (χ0) is 13.9. The van der Waals surface area contributed by atoms with Crippen LogP contribution < -0.4 is 0 Å². The predicted molar refractivity (Wildman–Crippen MR) is 76.3 cm³/mol. The van der Waals surface area contributed by atoms with Crippen LogP contribution in [0.4, 0.5) is 0 Å². The summed E-state index contributed by atoms with van der Waals surface area (Å²) in [5.74, 6) is 1.34. The lowest BCUT2D eigenvalue weighted by molar-refractivity contribution is 0.0903. The average Bonchev–Trinajstić information content (AvgIpc) is 2.75. The second kappa shape index (κ2) is 5.91. The van der Waals surface area contributed by atoms with Gasteiger partial charge in [0, 0.05) is 0 Å². The highest BCUT2D eigenvalue weighted by atomic mass is 16.3. The second-order valence-corrected chi connectivity index (χ2v) is 6.67. The summed E-state index contributed by atoms with van der Waals surface area (Å²) >= 11 is 0. The van der Waals surface area contributed by atoms with Gasteiger partial charge in [0.05, 0.1) is 12.8 Å². The molecule has 1 aliphatic rings. The van der Waals surface area contributed by atoms with Crippen molar-refractivity contribution < 1.29 is 9.21 Å². The van der Waals surface area contributed by atoms with Gasteiger partial charge in [-0.1, -0.05) is 20.8 Å². The van der Waals surface area contributed by atoms with E-state index in [1.54, 1.807) is 18.4 Å². The smallest absolute Gasteiger partial charge is 0.211 e. The first-order chi connectivity index (χ1) is 8.97. The largest absolute Gasteiger partial charge is 0.461 e. The van der Waals surface area contributed by atoms with Crippen LogP contribution in [0.2, 0.25) is 0 Å². The van der Waals surface area contributed by atoms with Crippen molar-refractivity contribution >= 4 is 5.78 Å². The van der Waals surface area contributed by atoms with Crippen molar-refractivity contribution in [3.63, 3.8) is 0 Å². The van der Waals surface area contributed by atoms with Crippen molar-refractivity contribution in [1.29, 1.82) is 0 Å². The first kappa shape index (κ1) is 14.3. The van der Waals surface area contributed by atoms with Crippen molar-refractivity contribution in [2.75, 3.05) is 19.6 Å². The van der Waals surface area contributed by atoms with Crippen LogP contribution in [0.5, 0.6) is 0 Å². The van der Waals surface area contributed by atoms with E-state index >= 15 is 0 Å². The van der Waals surface area contributed by atoms with Crippen molar-refractivity contribution in [1.82, 2.24) is 4.90 Å². The Morgan fingerprint density at radius 2 is 2.16 bits per heavy atom. The molecular weight excluding hydrogens is 238 g/mol. The Morgan fingerprint density at radius 3 is 2.79 bits per heavy atom. The van der Waals surface area contributed by atoms with E-state index in [9.17, 15) is 4.79 Å². The number of ketones is 1. The number of hydrogen-bond acceptors (Lipinski definition) is 3. The van der Waals surface area contributed by atoms with Gasteiger partial charge in [-0.25, -0.2) is 0 Å². The summed E-state index contributed by atoms with van der Waals surface area (Å²) in [6.45, 7) is 9.50. The van der Waals surface area contributed by atoms with Gasteiger partial charge in [-0.15, -0.1) is 0 Å². The Hall–Kier alpha value is -1.09. The van der Waals surface area contributed by atoms with Crippen LogP contribution in [-0.4, -0.2) is 30.3 Å². The minimum absolute atomic E-state index is 0.0965. The molecular formula is C16H25NO2. The molecule has 2 rings (SSSR count). The zero-order valence-electron chi connectivity index (χ0n) is 12.3. The summed E-state index contributed by atoms with van der Waals surface area (Å²) in [5, 5.41) is 0. The van der Waals surface area contributed by atoms with Crippen LogP contribution in [0.3, 0.4) is 0 Å². The quantitative estimate of drug-likeness (QED) is 0.781. The first-order valence-corrected chi connectivity index (χ1v) is 7.26. The number of Topliss-reactive ketones (excluding diaryl/α,β-unsaturated/α-hetero) is 1. The molecule has 2 heterocycles. The van der Waals surface area contributed by atoms with Gasteiger partial charge in [-0.2, -0.15) is 0 Å². The lowest BCUT2D eigenvalue weighted by atomic mass is 9.77. The van der Waals surface area contributed by atoms with E-state index in [-0.39, 0.29) is 5.78 Å². The fourth-order valence-electron chi connectivity index (χ4n) is 2.90. The number of carbonyl (C=O) groups is 1. The van der Waals surface area contributed by atoms with Crippen LogP contribution in [0.15, 0.2) is 22.8 Å². The van der Waals surface area contributed by atoms with Crippen molar-refractivity contribution in [2.24, 2.45) is 11.3 Å². The van der Waals surface area contributed by atoms with E-state index in [1.807, 2.05) is 0 Å². The molecule has 19 heavy (non-hydrogen) atoms. The number of furan rings is 1. The molecule has 0 bridgehead atoms. The van der Waals surface area contributed by atoms with Crippen molar-refractivity contribution in [2.45, 2.75) is 40.0 Å². The maximum Gasteiger partial charge on any atom is 0.211 e. The minimum atomic E-state index is 0.0965. The predicted octanol–water partition coefficient (Wildman–Crippen LogP) is 3.61. The van der Waals surface area contributed by atoms with Crippen LogP contribution in [0.1, 0.15) is 50.6 Å². The highest BCUT2D eigenvalue weighted by Gasteiger charge is 2.27. The molecule has 1 aliphatic heterocycles. The van der Waals surface area contributed by atoms with Crippen LogP contribution in [0.25, 0.3) is 0 Å². The van der Waals surface area contributed by atoms with Gasteiger partial charge < -0.3 is 4.42 Å². The maximum absolute atomic E-state index is 12.0. The third kappa shape index (κ3) is 3.93. The normalized spacial score (nSPS) is 22.2. The van der Waals surface area contributed by atoms with Crippen molar-refractivity contribution in [3.8, 4) is 0 Å². The molecule has 1 atom stereocenters. The number of rotatable bonds is 3. The molecule has 3 nitrogen and oxygen atoms in total. The summed E-state index contributed by atoms with van der Waals surface area (Å²) in [6, 6.07) is 3.52. The number of nitrogens with zero attached hydrogens (tertiary/aromatic N) is 1. The summed E-state index contributed by atoms with van der Waals surface area (Å²) in [7, 11) is 0. The lowest BCUT2D eigenvalue weighted by Crippen LogP contribution is -2.31. The number of hydrogen-bond donors (Lipinski definition) is 0. The number of carbonyl (C=O) groups excluding carboxylic acids is 1. The Kier molecular flexibility index (Phi) is 4.46. The van der Waals surface area contributed by atoms with Gasteiger partial charge >= 0.3 is 0 Å². The molecule has 3 heteroatoms. The van der Waals surface area contributed by atoms with Crippen LogP contribution >= 0.6 is 0 Å². The van der Waals surface area contributed by atoms with E-state index in [0.29, 0.717) is 17.7 Å². The van der Waals surface area contributed by atoms with Crippen LogP contribution in [-0.2, 0) is 0 Å². The third-order valence-electron chi connectivity index (χ3n) is 4.21. The molecule has 1 saturated heterocycles. The lowest BCUT2D eigenvalue weighted by Gasteiger charge is -2.29. The maximum atomic E-state index is 12.0. The summed E-state index contributed by atoms with van der Waals surface area (Å²) in [4.78, 5) is 14.3. The Bertz CT molecular complexity index is 403. The van der Waals surface area contributed by atoms with Gasteiger partial charge in [-0.3, -0.25) is 9.69 Å². The second-order valence-electron chi connectivity index (χ2n) is 6.67. The van der Waals surface area contributed by atoms with Gasteiger partial charge in [0.2, 0.25) is 5.78 Å². The SMILES string of the molecule is CC(C)(C)C1CCCN(CC(=O)c2ccco2)CC1. The molecule has 1 aromatic heterocycles. The molecule has 0 spiro atoms. The molecule has 0 aromatic carbocycles. The molecule has 0 N–H and O–H groups in total. The Labute approximate surface area is 116 Å². The van der Waals surface area contributed by atoms with E-state index in [0.717, 1.165) is 19.0 Å². The van der Waals surface area contributed by atoms with Gasteiger partial charge in [0.25, 0.3) is 0 Å². The first-order valence-electron chi connectivity index (χ1n) is 7.26. The molecule has 0 radical (unpaired) electrons. The average molecular weight is 263 g/mol. The van der Waals surface area contributed by atoms with Gasteiger partial charge in [-0.05, 0) is 55.8 Å². The zero-order valence-corrected chi connectivity index (χ0v) is 12.3. The molecule has 0 saturated carbocycles. The van der Waals surface area contributed by atoms with Gasteiger partial charge in [0.15, 0.2) is 5.76 Å². The third-order valence-corrected chi connectivity index (χ3v) is 4.21. The molecule has 1 unspecified atom stereocenters. The molecule has 106 valence electrons. The summed E-state index contributed by atoms with van der Waals surface area (Å²) < 4.78 is 5.17. The monoisotopic (exact) mass is 263 g/mol. The molecule has 1 fully saturated rings. The molecule has 0 aliphatic carbocycles. The standard InChI is InChI=1S/C16H25NO2/c1-16(2,3)13-6-4-9-17(10-8-13)12-14(18)15-7-5-11-19-15/h5,7,11,13H,4,6,8-10,12H2,1-3H3. The molecule has 0 amide bonds. The topological polar surface area (TPSA) is 33.5 Å². The fourth-order valence-corrected chi connectivity index (χ4v) is 2.90. The highest BCUT2D eigenvalue weighted by Crippen LogP contribution is 2.34. The summed E-state index contributed by atoms with van der Waals surface area (Å²) in [6.07, 6.45) is 5.21. The Morgan fingerprint density at radius 1 is 1.37 bits per heavy atom. The van der Waals surface area contributed by atoms with E-state index in [4.69, 9.17) is 4.42 Å². The summed E-state index contributed by atoms with van der Waals surface area (Å²) in [5.41, 5.74) is 0.376. The molecule has 1 aromatic rings. The Balaban J connectivity index is 1.88. The van der Waals surface area contributed by atoms with E-state index in [2.05, 4.69) is 25.7 Å². The van der Waals surface area contributed by atoms with E-state index < -0.39 is 0 Å². The number of likely N-dealkylation sites (tertiary alicyclic amines) is 1. The highest BCUT2D eigenvalue weighted by molar-refractivity contribution is 5.94. The minimum Gasteiger partial charge on any atom is -0.461 e. The van der Waals surface area contributed by atoms with Crippen LogP contribution in [0, 0.1) is 11.3 Å². The van der Waals surface area contributed by atoms with E-state index in [1.165, 1.54) is 19.3 Å². The van der Waals surface area contributed by atoms with Crippen molar-refractivity contribution in [3.05, 3.63) is 24.2 Å².